The second-order valence-corrected chi connectivity index (χ2v) is 3.80. The number of carboxylic acids is 1. The number of hydrogen-bond acceptors (Lipinski definition) is 2. The topological polar surface area (TPSA) is 49.3 Å². The maximum Gasteiger partial charge on any atom is 0.306 e. The van der Waals surface area contributed by atoms with Crippen LogP contribution in [0.3, 0.4) is 0 Å². The molecule has 0 aliphatic carbocycles. The van der Waals surface area contributed by atoms with E-state index in [-0.39, 0.29) is 11.7 Å². The predicted octanol–water partition coefficient (Wildman–Crippen LogP) is 2.03. The van der Waals surface area contributed by atoms with Crippen molar-refractivity contribution in [2.45, 2.75) is 19.9 Å². The molecular weight excluding hydrogens is 209 g/mol. The Morgan fingerprint density at radius 2 is 2.19 bits per heavy atom. The van der Waals surface area contributed by atoms with Crippen LogP contribution in [0.1, 0.15) is 18.9 Å². The summed E-state index contributed by atoms with van der Waals surface area (Å²) < 4.78 is 13.2. The van der Waals surface area contributed by atoms with Gasteiger partial charge in [0.2, 0.25) is 0 Å². The first kappa shape index (κ1) is 12.6. The van der Waals surface area contributed by atoms with Crippen LogP contribution in [-0.2, 0) is 11.3 Å². The zero-order valence-electron chi connectivity index (χ0n) is 9.24. The van der Waals surface area contributed by atoms with E-state index < -0.39 is 5.97 Å². The van der Waals surface area contributed by atoms with Gasteiger partial charge in [-0.3, -0.25) is 4.79 Å². The SMILES string of the molecule is CC(CCNCc1ccccc1F)C(=O)O. The van der Waals surface area contributed by atoms with Crippen LogP contribution in [0.2, 0.25) is 0 Å². The largest absolute Gasteiger partial charge is 0.481 e. The van der Waals surface area contributed by atoms with Gasteiger partial charge in [0.15, 0.2) is 0 Å². The van der Waals surface area contributed by atoms with Crippen LogP contribution in [0, 0.1) is 11.7 Å². The van der Waals surface area contributed by atoms with E-state index in [0.29, 0.717) is 25.1 Å². The molecule has 3 nitrogen and oxygen atoms in total. The van der Waals surface area contributed by atoms with Gasteiger partial charge in [-0.25, -0.2) is 4.39 Å². The van der Waals surface area contributed by atoms with Crippen molar-refractivity contribution in [3.05, 3.63) is 35.6 Å². The van der Waals surface area contributed by atoms with Crippen molar-refractivity contribution in [3.8, 4) is 0 Å². The summed E-state index contributed by atoms with van der Waals surface area (Å²) in [5, 5.41) is 11.7. The second-order valence-electron chi connectivity index (χ2n) is 3.80. The third-order valence-electron chi connectivity index (χ3n) is 2.45. The van der Waals surface area contributed by atoms with Crippen LogP contribution in [0.5, 0.6) is 0 Å². The Morgan fingerprint density at radius 3 is 2.81 bits per heavy atom. The quantitative estimate of drug-likeness (QED) is 0.728. The van der Waals surface area contributed by atoms with E-state index >= 15 is 0 Å². The van der Waals surface area contributed by atoms with Gasteiger partial charge in [0.25, 0.3) is 0 Å². The Labute approximate surface area is 94.3 Å². The molecule has 0 heterocycles. The van der Waals surface area contributed by atoms with Gasteiger partial charge in [-0.1, -0.05) is 25.1 Å². The van der Waals surface area contributed by atoms with E-state index in [9.17, 15) is 9.18 Å². The smallest absolute Gasteiger partial charge is 0.306 e. The van der Waals surface area contributed by atoms with Crippen LogP contribution in [-0.4, -0.2) is 17.6 Å². The first-order valence-corrected chi connectivity index (χ1v) is 5.28. The van der Waals surface area contributed by atoms with Gasteiger partial charge in [-0.15, -0.1) is 0 Å². The molecule has 88 valence electrons. The molecule has 1 aromatic rings. The molecule has 0 saturated carbocycles. The third kappa shape index (κ3) is 3.98. The molecule has 0 amide bonds. The van der Waals surface area contributed by atoms with Crippen molar-refractivity contribution in [1.29, 1.82) is 0 Å². The minimum atomic E-state index is -0.798. The standard InChI is InChI=1S/C12H16FNO2/c1-9(12(15)16)6-7-14-8-10-4-2-3-5-11(10)13/h2-5,9,14H,6-8H2,1H3,(H,15,16). The van der Waals surface area contributed by atoms with E-state index in [2.05, 4.69) is 5.32 Å². The van der Waals surface area contributed by atoms with Crippen molar-refractivity contribution >= 4 is 5.97 Å². The van der Waals surface area contributed by atoms with Crippen molar-refractivity contribution in [2.24, 2.45) is 5.92 Å². The molecule has 1 rings (SSSR count). The summed E-state index contributed by atoms with van der Waals surface area (Å²) in [5.41, 5.74) is 0.602. The average molecular weight is 225 g/mol. The van der Waals surface area contributed by atoms with Gasteiger partial charge in [0.05, 0.1) is 5.92 Å². The molecule has 0 saturated heterocycles. The van der Waals surface area contributed by atoms with Crippen LogP contribution < -0.4 is 5.32 Å². The minimum Gasteiger partial charge on any atom is -0.481 e. The molecule has 0 fully saturated rings. The van der Waals surface area contributed by atoms with Crippen LogP contribution >= 0.6 is 0 Å². The number of hydrogen-bond donors (Lipinski definition) is 2. The summed E-state index contributed by atoms with van der Waals surface area (Å²) in [4.78, 5) is 10.5. The fourth-order valence-electron chi connectivity index (χ4n) is 1.31. The highest BCUT2D eigenvalue weighted by Crippen LogP contribution is 2.06. The lowest BCUT2D eigenvalue weighted by molar-refractivity contribution is -0.141. The van der Waals surface area contributed by atoms with Crippen LogP contribution in [0.15, 0.2) is 24.3 Å². The van der Waals surface area contributed by atoms with Gasteiger partial charge >= 0.3 is 5.97 Å². The van der Waals surface area contributed by atoms with Gasteiger partial charge in [-0.05, 0) is 19.0 Å². The van der Waals surface area contributed by atoms with Crippen molar-refractivity contribution in [1.82, 2.24) is 5.32 Å². The number of nitrogens with one attached hydrogen (secondary N) is 1. The number of rotatable bonds is 6. The molecule has 16 heavy (non-hydrogen) atoms. The lowest BCUT2D eigenvalue weighted by atomic mass is 10.1. The van der Waals surface area contributed by atoms with E-state index in [4.69, 9.17) is 5.11 Å². The third-order valence-corrected chi connectivity index (χ3v) is 2.45. The Balaban J connectivity index is 2.26. The number of benzene rings is 1. The summed E-state index contributed by atoms with van der Waals surface area (Å²) in [6, 6.07) is 6.55. The molecule has 0 spiro atoms. The van der Waals surface area contributed by atoms with E-state index in [0.717, 1.165) is 0 Å². The monoisotopic (exact) mass is 225 g/mol. The van der Waals surface area contributed by atoms with Crippen molar-refractivity contribution < 1.29 is 14.3 Å². The van der Waals surface area contributed by atoms with Crippen LogP contribution in [0.25, 0.3) is 0 Å². The molecule has 2 N–H and O–H groups in total. The Kier molecular flexibility index (Phi) is 4.92. The van der Waals surface area contributed by atoms with Crippen molar-refractivity contribution in [2.75, 3.05) is 6.54 Å². The number of carbonyl (C=O) groups is 1. The van der Waals surface area contributed by atoms with E-state index in [1.807, 2.05) is 0 Å². The zero-order chi connectivity index (χ0) is 12.0. The highest BCUT2D eigenvalue weighted by atomic mass is 19.1. The summed E-state index contributed by atoms with van der Waals surface area (Å²) in [6.45, 7) is 2.66. The molecule has 0 bridgehead atoms. The molecular formula is C12H16FNO2. The molecule has 0 radical (unpaired) electrons. The maximum absolute atomic E-state index is 13.2. The van der Waals surface area contributed by atoms with Gasteiger partial charge in [0, 0.05) is 12.1 Å². The zero-order valence-corrected chi connectivity index (χ0v) is 9.24. The molecule has 0 aromatic heterocycles. The molecule has 1 atom stereocenters. The average Bonchev–Trinajstić information content (AvgIpc) is 2.26. The Bertz CT molecular complexity index is 355. The highest BCUT2D eigenvalue weighted by Gasteiger charge is 2.09. The summed E-state index contributed by atoms with van der Waals surface area (Å²) in [6.07, 6.45) is 0.545. The maximum atomic E-state index is 13.2. The Morgan fingerprint density at radius 1 is 1.50 bits per heavy atom. The van der Waals surface area contributed by atoms with Crippen molar-refractivity contribution in [3.63, 3.8) is 0 Å². The predicted molar refractivity (Wildman–Crippen MR) is 59.5 cm³/mol. The van der Waals surface area contributed by atoms with Gasteiger partial charge in [-0.2, -0.15) is 0 Å². The summed E-state index contributed by atoms with van der Waals surface area (Å²) >= 11 is 0. The highest BCUT2D eigenvalue weighted by molar-refractivity contribution is 5.69. The molecule has 0 aliphatic rings. The normalized spacial score (nSPS) is 12.4. The summed E-state index contributed by atoms with van der Waals surface area (Å²) in [7, 11) is 0. The first-order chi connectivity index (χ1) is 7.61. The lowest BCUT2D eigenvalue weighted by Crippen LogP contribution is -2.20. The number of carboxylic acid groups (broad SMARTS) is 1. The van der Waals surface area contributed by atoms with Crippen LogP contribution in [0.4, 0.5) is 4.39 Å². The molecule has 4 heteroatoms. The van der Waals surface area contributed by atoms with Gasteiger partial charge < -0.3 is 10.4 Å². The minimum absolute atomic E-state index is 0.235. The summed E-state index contributed by atoms with van der Waals surface area (Å²) in [5.74, 6) is -1.40. The Hall–Kier alpha value is -1.42. The fraction of sp³-hybridized carbons (Fsp3) is 0.417. The fourth-order valence-corrected chi connectivity index (χ4v) is 1.31. The number of halogens is 1. The lowest BCUT2D eigenvalue weighted by Gasteiger charge is -2.08. The number of aliphatic carboxylic acids is 1. The molecule has 0 aliphatic heterocycles. The van der Waals surface area contributed by atoms with Gasteiger partial charge in [0.1, 0.15) is 5.82 Å². The molecule has 1 aromatic carbocycles. The molecule has 1 unspecified atom stereocenters. The van der Waals surface area contributed by atoms with E-state index in [1.165, 1.54) is 6.07 Å². The first-order valence-electron chi connectivity index (χ1n) is 5.28. The van der Waals surface area contributed by atoms with E-state index in [1.54, 1.807) is 25.1 Å². The second kappa shape index (κ2) is 6.23.